The highest BCUT2D eigenvalue weighted by atomic mass is 32.1. The average Bonchev–Trinajstić information content (AvgIpc) is 2.33. The minimum absolute atomic E-state index is 0.162. The van der Waals surface area contributed by atoms with E-state index in [1.807, 2.05) is 0 Å². The van der Waals surface area contributed by atoms with E-state index in [1.54, 1.807) is 0 Å². The molecule has 1 aromatic rings. The SMILES string of the molecule is NC(=S)c1cnc(NC2CCC(=O)NC2=O)cn1. The van der Waals surface area contributed by atoms with E-state index in [0.717, 1.165) is 0 Å². The molecule has 2 amide bonds. The van der Waals surface area contributed by atoms with Crippen molar-refractivity contribution in [1.29, 1.82) is 0 Å². The maximum Gasteiger partial charge on any atom is 0.249 e. The minimum Gasteiger partial charge on any atom is -0.388 e. The van der Waals surface area contributed by atoms with Crippen LogP contribution in [0.1, 0.15) is 18.5 Å². The molecule has 0 radical (unpaired) electrons. The number of carbonyl (C=O) groups excluding carboxylic acids is 2. The summed E-state index contributed by atoms with van der Waals surface area (Å²) in [5, 5.41) is 5.15. The third kappa shape index (κ3) is 2.77. The van der Waals surface area contributed by atoms with Crippen LogP contribution in [0.15, 0.2) is 12.4 Å². The number of thiocarbonyl (C=S) groups is 1. The molecule has 0 bridgehead atoms. The summed E-state index contributed by atoms with van der Waals surface area (Å²) in [6, 6.07) is -0.479. The fraction of sp³-hybridized carbons (Fsp3) is 0.300. The van der Waals surface area contributed by atoms with E-state index in [1.165, 1.54) is 12.4 Å². The zero-order valence-electron chi connectivity index (χ0n) is 9.34. The van der Waals surface area contributed by atoms with Crippen LogP contribution in [0.4, 0.5) is 5.82 Å². The highest BCUT2D eigenvalue weighted by molar-refractivity contribution is 7.80. The third-order valence-corrected chi connectivity index (χ3v) is 2.67. The maximum atomic E-state index is 11.5. The summed E-state index contributed by atoms with van der Waals surface area (Å²) in [5.74, 6) is -0.177. The van der Waals surface area contributed by atoms with Crippen LogP contribution in [0.5, 0.6) is 0 Å². The number of amides is 2. The zero-order valence-corrected chi connectivity index (χ0v) is 10.2. The number of nitrogens with zero attached hydrogens (tertiary/aromatic N) is 2. The lowest BCUT2D eigenvalue weighted by Gasteiger charge is -2.21. The first-order chi connectivity index (χ1) is 8.56. The van der Waals surface area contributed by atoms with Gasteiger partial charge in [-0.2, -0.15) is 0 Å². The Labute approximate surface area is 108 Å². The van der Waals surface area contributed by atoms with Gasteiger partial charge in [-0.25, -0.2) is 9.97 Å². The van der Waals surface area contributed by atoms with Crippen LogP contribution in [0, 0.1) is 0 Å². The highest BCUT2D eigenvalue weighted by Gasteiger charge is 2.26. The topological polar surface area (TPSA) is 110 Å². The van der Waals surface area contributed by atoms with Crippen LogP contribution < -0.4 is 16.4 Å². The summed E-state index contributed by atoms with van der Waals surface area (Å²) in [5.41, 5.74) is 5.81. The van der Waals surface area contributed by atoms with E-state index in [2.05, 4.69) is 20.6 Å². The van der Waals surface area contributed by atoms with E-state index in [4.69, 9.17) is 18.0 Å². The molecule has 1 unspecified atom stereocenters. The van der Waals surface area contributed by atoms with Crippen molar-refractivity contribution >= 4 is 34.8 Å². The molecule has 4 N–H and O–H groups in total. The quantitative estimate of drug-likeness (QED) is 0.491. The molecule has 0 spiro atoms. The minimum atomic E-state index is -0.479. The average molecular weight is 265 g/mol. The Hall–Kier alpha value is -2.09. The molecular weight excluding hydrogens is 254 g/mol. The van der Waals surface area contributed by atoms with Gasteiger partial charge in [0.25, 0.3) is 0 Å². The molecule has 1 aliphatic rings. The highest BCUT2D eigenvalue weighted by Crippen LogP contribution is 2.10. The fourth-order valence-electron chi connectivity index (χ4n) is 1.54. The molecule has 0 saturated carbocycles. The number of nitrogens with two attached hydrogens (primary N) is 1. The van der Waals surface area contributed by atoms with E-state index in [-0.39, 0.29) is 16.8 Å². The van der Waals surface area contributed by atoms with Crippen LogP contribution in [0.2, 0.25) is 0 Å². The largest absolute Gasteiger partial charge is 0.388 e. The molecule has 1 aromatic heterocycles. The molecule has 18 heavy (non-hydrogen) atoms. The molecule has 8 heteroatoms. The second kappa shape index (κ2) is 5.05. The van der Waals surface area contributed by atoms with Gasteiger partial charge in [0, 0.05) is 6.42 Å². The summed E-state index contributed by atoms with van der Waals surface area (Å²) in [6.07, 6.45) is 3.61. The number of imide groups is 1. The van der Waals surface area contributed by atoms with E-state index in [0.29, 0.717) is 24.4 Å². The van der Waals surface area contributed by atoms with Crippen molar-refractivity contribution in [3.8, 4) is 0 Å². The molecule has 1 saturated heterocycles. The van der Waals surface area contributed by atoms with Crippen molar-refractivity contribution in [3.05, 3.63) is 18.1 Å². The second-order valence-corrected chi connectivity index (χ2v) is 4.24. The first-order valence-corrected chi connectivity index (χ1v) is 5.69. The lowest BCUT2D eigenvalue weighted by Crippen LogP contribution is -2.47. The molecule has 0 aliphatic carbocycles. The number of nitrogens with one attached hydrogen (secondary N) is 2. The number of piperidine rings is 1. The summed E-state index contributed by atoms with van der Waals surface area (Å²) in [7, 11) is 0. The summed E-state index contributed by atoms with van der Waals surface area (Å²) < 4.78 is 0. The predicted molar refractivity (Wildman–Crippen MR) is 67.7 cm³/mol. The molecular formula is C10H11N5O2S. The van der Waals surface area contributed by atoms with Gasteiger partial charge < -0.3 is 11.1 Å². The Morgan fingerprint density at radius 3 is 2.78 bits per heavy atom. The van der Waals surface area contributed by atoms with Crippen molar-refractivity contribution in [2.75, 3.05) is 5.32 Å². The first kappa shape index (κ1) is 12.4. The van der Waals surface area contributed by atoms with Gasteiger partial charge in [-0.1, -0.05) is 12.2 Å². The van der Waals surface area contributed by atoms with E-state index < -0.39 is 6.04 Å². The summed E-state index contributed by atoms with van der Waals surface area (Å²) in [6.45, 7) is 0. The Morgan fingerprint density at radius 2 is 2.22 bits per heavy atom. The molecule has 2 heterocycles. The van der Waals surface area contributed by atoms with Gasteiger partial charge in [0.2, 0.25) is 11.8 Å². The van der Waals surface area contributed by atoms with Crippen LogP contribution in [0.3, 0.4) is 0 Å². The van der Waals surface area contributed by atoms with E-state index in [9.17, 15) is 9.59 Å². The third-order valence-electron chi connectivity index (χ3n) is 2.47. The monoisotopic (exact) mass is 265 g/mol. The Balaban J connectivity index is 2.03. The number of hydrogen-bond acceptors (Lipinski definition) is 6. The number of rotatable bonds is 3. The Kier molecular flexibility index (Phi) is 3.47. The van der Waals surface area contributed by atoms with E-state index >= 15 is 0 Å². The molecule has 94 valence electrons. The van der Waals surface area contributed by atoms with Gasteiger partial charge >= 0.3 is 0 Å². The van der Waals surface area contributed by atoms with Gasteiger partial charge in [-0.15, -0.1) is 0 Å². The predicted octanol–water partition coefficient (Wildman–Crippen LogP) is -0.672. The van der Waals surface area contributed by atoms with Crippen molar-refractivity contribution in [3.63, 3.8) is 0 Å². The molecule has 0 aromatic carbocycles. The van der Waals surface area contributed by atoms with Crippen LogP contribution in [-0.2, 0) is 9.59 Å². The Bertz CT molecular complexity index is 501. The van der Waals surface area contributed by atoms with Crippen molar-refractivity contribution in [1.82, 2.24) is 15.3 Å². The van der Waals surface area contributed by atoms with Gasteiger partial charge in [-0.05, 0) is 6.42 Å². The second-order valence-electron chi connectivity index (χ2n) is 3.80. The van der Waals surface area contributed by atoms with Gasteiger partial charge in [0.1, 0.15) is 22.5 Å². The molecule has 1 aliphatic heterocycles. The van der Waals surface area contributed by atoms with Crippen LogP contribution >= 0.6 is 12.2 Å². The molecule has 2 rings (SSSR count). The van der Waals surface area contributed by atoms with Crippen LogP contribution in [0.25, 0.3) is 0 Å². The maximum absolute atomic E-state index is 11.5. The molecule has 1 fully saturated rings. The molecule has 1 atom stereocenters. The standard InChI is InChI=1S/C10H11N5O2S/c11-9(18)6-3-13-7(4-12-6)14-5-1-2-8(16)15-10(5)17/h3-5H,1-2H2,(H2,11,18)(H,13,14)(H,15,16,17). The van der Waals surface area contributed by atoms with Crippen molar-refractivity contribution in [2.24, 2.45) is 5.73 Å². The van der Waals surface area contributed by atoms with Gasteiger partial charge in [-0.3, -0.25) is 14.9 Å². The van der Waals surface area contributed by atoms with Crippen molar-refractivity contribution < 1.29 is 9.59 Å². The zero-order chi connectivity index (χ0) is 13.1. The lowest BCUT2D eigenvalue weighted by atomic mass is 10.1. The molecule has 7 nitrogen and oxygen atoms in total. The van der Waals surface area contributed by atoms with Gasteiger partial charge in [0.15, 0.2) is 0 Å². The normalized spacial score (nSPS) is 19.2. The van der Waals surface area contributed by atoms with Gasteiger partial charge in [0.05, 0.1) is 12.4 Å². The summed E-state index contributed by atoms with van der Waals surface area (Å²) in [4.78, 5) is 30.7. The number of hydrogen-bond donors (Lipinski definition) is 3. The van der Waals surface area contributed by atoms with Crippen molar-refractivity contribution in [2.45, 2.75) is 18.9 Å². The lowest BCUT2D eigenvalue weighted by molar-refractivity contribution is -0.133. The number of aromatic nitrogens is 2. The number of carbonyl (C=O) groups is 2. The fourth-order valence-corrected chi connectivity index (χ4v) is 1.65. The van der Waals surface area contributed by atoms with Crippen LogP contribution in [-0.4, -0.2) is 32.8 Å². The smallest absolute Gasteiger partial charge is 0.249 e. The number of anilines is 1. The first-order valence-electron chi connectivity index (χ1n) is 5.28. The summed E-state index contributed by atoms with van der Waals surface area (Å²) >= 11 is 4.75. The Morgan fingerprint density at radius 1 is 1.44 bits per heavy atom.